The van der Waals surface area contributed by atoms with Crippen molar-refractivity contribution in [2.75, 3.05) is 25.1 Å². The first-order chi connectivity index (χ1) is 14.4. The molecule has 0 heterocycles. The van der Waals surface area contributed by atoms with Gasteiger partial charge in [-0.3, -0.25) is 4.79 Å². The number of hydrogen-bond acceptors (Lipinski definition) is 6. The molecule has 162 valence electrons. The Morgan fingerprint density at radius 1 is 0.900 bits per heavy atom. The summed E-state index contributed by atoms with van der Waals surface area (Å²) in [6, 6.07) is 10.4. The van der Waals surface area contributed by atoms with Crippen LogP contribution in [0.1, 0.15) is 43.6 Å². The zero-order chi connectivity index (χ0) is 22.1. The minimum Gasteiger partial charge on any atom is -0.490 e. The van der Waals surface area contributed by atoms with E-state index in [9.17, 15) is 9.59 Å². The molecule has 7 nitrogen and oxygen atoms in total. The first-order valence-electron chi connectivity index (χ1n) is 10.0. The predicted octanol–water partition coefficient (Wildman–Crippen LogP) is 4.38. The third-order valence-corrected chi connectivity index (χ3v) is 4.12. The van der Waals surface area contributed by atoms with Crippen LogP contribution in [0.4, 0.5) is 5.69 Å². The maximum Gasteiger partial charge on any atom is 0.339 e. The largest absolute Gasteiger partial charge is 0.490 e. The molecule has 2 rings (SSSR count). The molecular formula is C23H29NO6. The van der Waals surface area contributed by atoms with Gasteiger partial charge in [-0.1, -0.05) is 17.7 Å². The van der Waals surface area contributed by atoms with Crippen LogP contribution in [0.3, 0.4) is 0 Å². The lowest BCUT2D eigenvalue weighted by Crippen LogP contribution is -2.30. The SMILES string of the molecule is CCOc1cc(C(=O)O[C@@H](C)C(=O)Nc2ccc(C)cc2)cc(OCC)c1OCC. The Hall–Kier alpha value is -3.22. The van der Waals surface area contributed by atoms with Crippen LogP contribution >= 0.6 is 0 Å². The number of rotatable bonds is 10. The summed E-state index contributed by atoms with van der Waals surface area (Å²) in [6.07, 6.45) is -0.989. The molecule has 7 heteroatoms. The van der Waals surface area contributed by atoms with E-state index in [-0.39, 0.29) is 5.56 Å². The highest BCUT2D eigenvalue weighted by atomic mass is 16.6. The number of carbonyl (C=O) groups is 2. The molecule has 0 spiro atoms. The van der Waals surface area contributed by atoms with E-state index in [0.29, 0.717) is 42.8 Å². The van der Waals surface area contributed by atoms with Crippen molar-refractivity contribution in [2.24, 2.45) is 0 Å². The van der Waals surface area contributed by atoms with Crippen LogP contribution in [-0.2, 0) is 9.53 Å². The molecular weight excluding hydrogens is 386 g/mol. The molecule has 1 amide bonds. The molecule has 0 fully saturated rings. The molecule has 0 saturated carbocycles. The molecule has 0 aliphatic carbocycles. The second-order valence-electron chi connectivity index (χ2n) is 6.50. The second kappa shape index (κ2) is 11.1. The first kappa shape index (κ1) is 23.1. The van der Waals surface area contributed by atoms with Gasteiger partial charge in [-0.2, -0.15) is 0 Å². The van der Waals surface area contributed by atoms with Gasteiger partial charge in [0.05, 0.1) is 25.4 Å². The van der Waals surface area contributed by atoms with Crippen molar-refractivity contribution in [3.05, 3.63) is 47.5 Å². The van der Waals surface area contributed by atoms with Gasteiger partial charge >= 0.3 is 5.97 Å². The molecule has 30 heavy (non-hydrogen) atoms. The van der Waals surface area contributed by atoms with Crippen molar-refractivity contribution >= 4 is 17.6 Å². The Labute approximate surface area is 177 Å². The smallest absolute Gasteiger partial charge is 0.339 e. The molecule has 0 unspecified atom stereocenters. The fourth-order valence-electron chi connectivity index (χ4n) is 2.67. The summed E-state index contributed by atoms with van der Waals surface area (Å²) in [5, 5.41) is 2.73. The number of carbonyl (C=O) groups excluding carboxylic acids is 2. The van der Waals surface area contributed by atoms with Crippen molar-refractivity contribution in [3.8, 4) is 17.2 Å². The van der Waals surface area contributed by atoms with Crippen molar-refractivity contribution in [1.29, 1.82) is 0 Å². The van der Waals surface area contributed by atoms with E-state index in [1.165, 1.54) is 19.1 Å². The second-order valence-corrected chi connectivity index (χ2v) is 6.50. The molecule has 1 N–H and O–H groups in total. The molecule has 2 aromatic rings. The number of esters is 1. The van der Waals surface area contributed by atoms with Crippen LogP contribution in [0.25, 0.3) is 0 Å². The number of amides is 1. The standard InChI is InChI=1S/C23H29NO6/c1-6-27-19-13-17(14-20(28-7-2)21(19)29-8-3)23(26)30-16(5)22(25)24-18-11-9-15(4)10-12-18/h9-14,16H,6-8H2,1-5H3,(H,24,25)/t16-/m0/s1. The molecule has 0 aliphatic rings. The van der Waals surface area contributed by atoms with E-state index in [4.69, 9.17) is 18.9 Å². The maximum absolute atomic E-state index is 12.7. The monoisotopic (exact) mass is 415 g/mol. The van der Waals surface area contributed by atoms with Crippen LogP contribution in [0, 0.1) is 6.92 Å². The molecule has 0 aliphatic heterocycles. The zero-order valence-electron chi connectivity index (χ0n) is 18.1. The van der Waals surface area contributed by atoms with Gasteiger partial charge in [-0.15, -0.1) is 0 Å². The van der Waals surface area contributed by atoms with E-state index in [0.717, 1.165) is 5.56 Å². The molecule has 1 atom stereocenters. The fraction of sp³-hybridized carbons (Fsp3) is 0.391. The average Bonchev–Trinajstić information content (AvgIpc) is 2.72. The minimum absolute atomic E-state index is 0.209. The van der Waals surface area contributed by atoms with Crippen molar-refractivity contribution < 1.29 is 28.5 Å². The topological polar surface area (TPSA) is 83.1 Å². The van der Waals surface area contributed by atoms with Crippen LogP contribution in [0.15, 0.2) is 36.4 Å². The van der Waals surface area contributed by atoms with Crippen LogP contribution < -0.4 is 19.5 Å². The highest BCUT2D eigenvalue weighted by molar-refractivity contribution is 5.97. The molecule has 0 aromatic heterocycles. The maximum atomic E-state index is 12.7. The van der Waals surface area contributed by atoms with Crippen molar-refractivity contribution in [3.63, 3.8) is 0 Å². The molecule has 0 bridgehead atoms. The quantitative estimate of drug-likeness (QED) is 0.580. The van der Waals surface area contributed by atoms with E-state index in [1.54, 1.807) is 12.1 Å². The Balaban J connectivity index is 2.17. The third kappa shape index (κ3) is 6.14. The lowest BCUT2D eigenvalue weighted by molar-refractivity contribution is -0.123. The summed E-state index contributed by atoms with van der Waals surface area (Å²) in [7, 11) is 0. The Kier molecular flexibility index (Phi) is 8.53. The van der Waals surface area contributed by atoms with Gasteiger partial charge in [0.25, 0.3) is 5.91 Å². The highest BCUT2D eigenvalue weighted by Gasteiger charge is 2.23. The summed E-state index contributed by atoms with van der Waals surface area (Å²) in [5.41, 5.74) is 1.92. The van der Waals surface area contributed by atoms with Crippen LogP contribution in [0.2, 0.25) is 0 Å². The van der Waals surface area contributed by atoms with Gasteiger partial charge in [0.15, 0.2) is 17.6 Å². The van der Waals surface area contributed by atoms with Crippen molar-refractivity contribution in [1.82, 2.24) is 0 Å². The number of ether oxygens (including phenoxy) is 4. The number of benzene rings is 2. The van der Waals surface area contributed by atoms with E-state index in [1.807, 2.05) is 39.8 Å². The van der Waals surface area contributed by atoms with Crippen LogP contribution in [0.5, 0.6) is 17.2 Å². The van der Waals surface area contributed by atoms with Gasteiger partial charge in [0, 0.05) is 5.69 Å². The highest BCUT2D eigenvalue weighted by Crippen LogP contribution is 2.39. The van der Waals surface area contributed by atoms with Gasteiger partial charge in [-0.25, -0.2) is 4.79 Å². The van der Waals surface area contributed by atoms with Gasteiger partial charge < -0.3 is 24.3 Å². The Morgan fingerprint density at radius 2 is 1.43 bits per heavy atom. The van der Waals surface area contributed by atoms with Gasteiger partial charge in [0.1, 0.15) is 0 Å². The fourth-order valence-corrected chi connectivity index (χ4v) is 2.67. The van der Waals surface area contributed by atoms with E-state index in [2.05, 4.69) is 5.32 Å². The lowest BCUT2D eigenvalue weighted by atomic mass is 10.1. The molecule has 0 radical (unpaired) electrons. The summed E-state index contributed by atoms with van der Waals surface area (Å²) in [5.74, 6) is 0.116. The number of nitrogens with one attached hydrogen (secondary N) is 1. The summed E-state index contributed by atoms with van der Waals surface area (Å²) >= 11 is 0. The normalized spacial score (nSPS) is 11.4. The Bertz CT molecular complexity index is 835. The minimum atomic E-state index is -0.989. The average molecular weight is 415 g/mol. The zero-order valence-corrected chi connectivity index (χ0v) is 18.1. The predicted molar refractivity (Wildman–Crippen MR) is 115 cm³/mol. The van der Waals surface area contributed by atoms with E-state index >= 15 is 0 Å². The number of aryl methyl sites for hydroxylation is 1. The van der Waals surface area contributed by atoms with Crippen molar-refractivity contribution in [2.45, 2.75) is 40.7 Å². The lowest BCUT2D eigenvalue weighted by Gasteiger charge is -2.18. The number of hydrogen-bond donors (Lipinski definition) is 1. The Morgan fingerprint density at radius 3 is 1.93 bits per heavy atom. The van der Waals surface area contributed by atoms with Gasteiger partial charge in [-0.05, 0) is 58.9 Å². The molecule has 2 aromatic carbocycles. The summed E-state index contributed by atoms with van der Waals surface area (Å²) in [4.78, 5) is 25.1. The third-order valence-electron chi connectivity index (χ3n) is 4.12. The van der Waals surface area contributed by atoms with Gasteiger partial charge in [0.2, 0.25) is 5.75 Å². The summed E-state index contributed by atoms with van der Waals surface area (Å²) in [6.45, 7) is 10.2. The van der Waals surface area contributed by atoms with E-state index < -0.39 is 18.0 Å². The molecule has 0 saturated heterocycles. The number of anilines is 1. The van der Waals surface area contributed by atoms with Crippen LogP contribution in [-0.4, -0.2) is 37.8 Å². The summed E-state index contributed by atoms with van der Waals surface area (Å²) < 4.78 is 22.2. The first-order valence-corrected chi connectivity index (χ1v) is 10.0.